The Morgan fingerprint density at radius 1 is 1.16 bits per heavy atom. The van der Waals surface area contributed by atoms with Crippen LogP contribution in [0.5, 0.6) is 0 Å². The Morgan fingerprint density at radius 3 is 2.62 bits per heavy atom. The topological polar surface area (TPSA) is 63.9 Å². The molecule has 0 atom stereocenters. The number of carbonyl (C=O) groups is 1. The van der Waals surface area contributed by atoms with Gasteiger partial charge in [-0.05, 0) is 55.3 Å². The summed E-state index contributed by atoms with van der Waals surface area (Å²) in [5.41, 5.74) is 4.69. The molecular weight excluding hydrogens is 445 g/mol. The number of nitrogens with zero attached hydrogens (tertiary/aromatic N) is 5. The van der Waals surface area contributed by atoms with E-state index in [1.54, 1.807) is 24.0 Å². The van der Waals surface area contributed by atoms with E-state index in [2.05, 4.69) is 10.2 Å². The molecule has 0 saturated heterocycles. The Morgan fingerprint density at radius 2 is 1.91 bits per heavy atom. The third-order valence-electron chi connectivity index (χ3n) is 5.15. The molecule has 0 aliphatic rings. The average molecular weight is 468 g/mol. The van der Waals surface area contributed by atoms with E-state index in [1.807, 2.05) is 49.0 Å². The first-order valence-corrected chi connectivity index (χ1v) is 11.8. The van der Waals surface area contributed by atoms with Gasteiger partial charge in [0.25, 0.3) is 0 Å². The first kappa shape index (κ1) is 22.2. The van der Waals surface area contributed by atoms with Crippen LogP contribution in [0.15, 0.2) is 53.0 Å². The van der Waals surface area contributed by atoms with Crippen molar-refractivity contribution in [2.45, 2.75) is 31.7 Å². The fraction of sp³-hybridized carbons (Fsp3) is 0.217. The number of rotatable bonds is 6. The number of carbonyl (C=O) groups excluding carboxylic acids is 1. The van der Waals surface area contributed by atoms with Crippen molar-refractivity contribution in [2.24, 2.45) is 7.05 Å². The summed E-state index contributed by atoms with van der Waals surface area (Å²) in [6.07, 6.45) is 0. The van der Waals surface area contributed by atoms with E-state index in [4.69, 9.17) is 4.98 Å². The van der Waals surface area contributed by atoms with Crippen LogP contribution >= 0.6 is 23.1 Å². The third kappa shape index (κ3) is 4.44. The maximum atomic E-state index is 13.2. The van der Waals surface area contributed by atoms with Crippen LogP contribution in [0.1, 0.15) is 23.7 Å². The van der Waals surface area contributed by atoms with Gasteiger partial charge in [-0.1, -0.05) is 23.9 Å². The highest BCUT2D eigenvalue weighted by Crippen LogP contribution is 2.34. The fourth-order valence-electron chi connectivity index (χ4n) is 3.28. The van der Waals surface area contributed by atoms with Crippen LogP contribution in [-0.2, 0) is 17.6 Å². The van der Waals surface area contributed by atoms with Gasteiger partial charge < -0.3 is 4.57 Å². The summed E-state index contributed by atoms with van der Waals surface area (Å²) < 4.78 is 15.1. The van der Waals surface area contributed by atoms with Gasteiger partial charge in [-0.2, -0.15) is 0 Å². The number of thioether (sulfide) groups is 1. The normalized spacial score (nSPS) is 11.0. The highest BCUT2D eigenvalue weighted by molar-refractivity contribution is 7.98. The fourth-order valence-corrected chi connectivity index (χ4v) is 5.07. The van der Waals surface area contributed by atoms with Gasteiger partial charge in [-0.3, -0.25) is 9.69 Å². The second kappa shape index (κ2) is 9.22. The van der Waals surface area contributed by atoms with Gasteiger partial charge in [0.15, 0.2) is 16.1 Å². The molecule has 4 rings (SSSR count). The van der Waals surface area contributed by atoms with E-state index in [-0.39, 0.29) is 11.7 Å². The molecule has 4 aromatic rings. The van der Waals surface area contributed by atoms with Gasteiger partial charge in [-0.25, -0.2) is 9.37 Å². The molecule has 0 saturated carbocycles. The summed E-state index contributed by atoms with van der Waals surface area (Å²) in [6, 6.07) is 12.1. The molecule has 0 radical (unpaired) electrons. The first-order chi connectivity index (χ1) is 15.3. The molecule has 0 N–H and O–H groups in total. The van der Waals surface area contributed by atoms with Gasteiger partial charge in [0.2, 0.25) is 5.91 Å². The Bertz CT molecular complexity index is 1270. The first-order valence-electron chi connectivity index (χ1n) is 9.94. The van der Waals surface area contributed by atoms with Gasteiger partial charge >= 0.3 is 0 Å². The van der Waals surface area contributed by atoms with Crippen molar-refractivity contribution in [2.75, 3.05) is 4.90 Å². The van der Waals surface area contributed by atoms with E-state index in [0.717, 1.165) is 33.2 Å². The zero-order valence-corrected chi connectivity index (χ0v) is 19.8. The zero-order valence-electron chi connectivity index (χ0n) is 18.2. The molecule has 0 fully saturated rings. The minimum absolute atomic E-state index is 0.0792. The molecule has 9 heteroatoms. The van der Waals surface area contributed by atoms with E-state index < -0.39 is 0 Å². The van der Waals surface area contributed by atoms with Gasteiger partial charge in [0, 0.05) is 30.7 Å². The number of amides is 1. The van der Waals surface area contributed by atoms with Crippen LogP contribution in [0.25, 0.3) is 11.4 Å². The summed E-state index contributed by atoms with van der Waals surface area (Å²) in [5.74, 6) is 0.892. The van der Waals surface area contributed by atoms with E-state index in [0.29, 0.717) is 16.7 Å². The van der Waals surface area contributed by atoms with Crippen LogP contribution in [0, 0.1) is 19.7 Å². The molecule has 2 aromatic carbocycles. The lowest BCUT2D eigenvalue weighted by Gasteiger charge is -2.21. The second-order valence-electron chi connectivity index (χ2n) is 7.36. The van der Waals surface area contributed by atoms with E-state index in [9.17, 15) is 9.18 Å². The molecule has 164 valence electrons. The van der Waals surface area contributed by atoms with Crippen molar-refractivity contribution in [1.29, 1.82) is 0 Å². The molecule has 0 bridgehead atoms. The van der Waals surface area contributed by atoms with E-state index >= 15 is 0 Å². The quantitative estimate of drug-likeness (QED) is 0.342. The van der Waals surface area contributed by atoms with Crippen molar-refractivity contribution < 1.29 is 9.18 Å². The molecular formula is C23H22FN5OS2. The molecule has 0 spiro atoms. The van der Waals surface area contributed by atoms with Crippen molar-refractivity contribution in [1.82, 2.24) is 19.7 Å². The summed E-state index contributed by atoms with van der Waals surface area (Å²) in [5, 5.41) is 11.8. The van der Waals surface area contributed by atoms with Crippen LogP contribution in [0.4, 0.5) is 15.2 Å². The molecule has 6 nitrogen and oxygen atoms in total. The summed E-state index contributed by atoms with van der Waals surface area (Å²) in [7, 11) is 1.88. The largest absolute Gasteiger partial charge is 0.305 e. The molecule has 0 unspecified atom stereocenters. The maximum Gasteiger partial charge on any atom is 0.230 e. The number of thiazole rings is 1. The Balaban J connectivity index is 1.52. The number of aromatic nitrogens is 4. The standard InChI is InChI=1S/C23H22FN5OS2/c1-14-6-5-7-20(15(14)2)29(16(3)30)22-25-19(12-31-22)13-32-23-27-26-21(28(23)4)17-8-10-18(24)11-9-17/h5-12H,13H2,1-4H3. The highest BCUT2D eigenvalue weighted by atomic mass is 32.2. The molecule has 32 heavy (non-hydrogen) atoms. The maximum absolute atomic E-state index is 13.2. The minimum atomic E-state index is -0.287. The Hall–Kier alpha value is -3.04. The summed E-state index contributed by atoms with van der Waals surface area (Å²) in [4.78, 5) is 18.8. The third-order valence-corrected chi connectivity index (χ3v) is 7.08. The smallest absolute Gasteiger partial charge is 0.230 e. The van der Waals surface area contributed by atoms with Crippen molar-refractivity contribution in [3.8, 4) is 11.4 Å². The lowest BCUT2D eigenvalue weighted by Crippen LogP contribution is -2.23. The van der Waals surface area contributed by atoms with Crippen LogP contribution in [0.3, 0.4) is 0 Å². The second-order valence-corrected chi connectivity index (χ2v) is 9.13. The predicted octanol–water partition coefficient (Wildman–Crippen LogP) is 5.67. The molecule has 0 aliphatic carbocycles. The van der Waals surface area contributed by atoms with Gasteiger partial charge in [0.05, 0.1) is 11.4 Å². The number of anilines is 2. The average Bonchev–Trinajstić information content (AvgIpc) is 3.37. The van der Waals surface area contributed by atoms with Crippen LogP contribution in [-0.4, -0.2) is 25.7 Å². The summed E-state index contributed by atoms with van der Waals surface area (Å²) >= 11 is 2.95. The lowest BCUT2D eigenvalue weighted by atomic mass is 10.1. The minimum Gasteiger partial charge on any atom is -0.305 e. The van der Waals surface area contributed by atoms with Crippen molar-refractivity contribution >= 4 is 39.8 Å². The van der Waals surface area contributed by atoms with Crippen LogP contribution in [0.2, 0.25) is 0 Å². The predicted molar refractivity (Wildman–Crippen MR) is 127 cm³/mol. The number of halogens is 1. The van der Waals surface area contributed by atoms with Gasteiger partial charge in [-0.15, -0.1) is 21.5 Å². The number of hydrogen-bond acceptors (Lipinski definition) is 6. The molecule has 0 aliphatic heterocycles. The number of benzene rings is 2. The van der Waals surface area contributed by atoms with Crippen LogP contribution < -0.4 is 4.90 Å². The Labute approximate surface area is 194 Å². The molecule has 1 amide bonds. The van der Waals surface area contributed by atoms with Crippen molar-refractivity contribution in [3.05, 3.63) is 70.5 Å². The lowest BCUT2D eigenvalue weighted by molar-refractivity contribution is -0.115. The number of hydrogen-bond donors (Lipinski definition) is 0. The Kier molecular flexibility index (Phi) is 6.38. The molecule has 2 heterocycles. The number of aryl methyl sites for hydroxylation is 1. The zero-order chi connectivity index (χ0) is 22.8. The van der Waals surface area contributed by atoms with Crippen molar-refractivity contribution in [3.63, 3.8) is 0 Å². The van der Waals surface area contributed by atoms with Gasteiger partial charge in [0.1, 0.15) is 5.82 Å². The van der Waals surface area contributed by atoms with E-state index in [1.165, 1.54) is 35.2 Å². The highest BCUT2D eigenvalue weighted by Gasteiger charge is 2.20. The SMILES string of the molecule is CC(=O)N(c1nc(CSc2nnc(-c3ccc(F)cc3)n2C)cs1)c1cccc(C)c1C. The summed E-state index contributed by atoms with van der Waals surface area (Å²) in [6.45, 7) is 5.59. The molecule has 2 aromatic heterocycles. The monoisotopic (exact) mass is 467 g/mol.